The fraction of sp³-hybridized carbons (Fsp3) is 0.600. The number of rotatable bonds is 7. The first-order valence-electron chi connectivity index (χ1n) is 7.20. The van der Waals surface area contributed by atoms with Crippen LogP contribution < -0.4 is 10.1 Å². The number of benzene rings is 1. The monoisotopic (exact) mass is 332 g/mol. The normalized spacial score (nSPS) is 20.7. The Morgan fingerprint density at radius 2 is 2.29 bits per heavy atom. The molecule has 118 valence electrons. The maximum absolute atomic E-state index is 9.91. The summed E-state index contributed by atoms with van der Waals surface area (Å²) in [5.74, 6) is 1.21. The van der Waals surface area contributed by atoms with Gasteiger partial charge in [-0.1, -0.05) is 23.2 Å². The molecule has 2 atom stereocenters. The summed E-state index contributed by atoms with van der Waals surface area (Å²) in [4.78, 5) is 2.33. The second kappa shape index (κ2) is 8.20. The van der Waals surface area contributed by atoms with Gasteiger partial charge in [0.05, 0.1) is 5.02 Å². The van der Waals surface area contributed by atoms with Crippen molar-refractivity contribution in [1.29, 1.82) is 0 Å². The third-order valence-electron chi connectivity index (χ3n) is 3.63. The van der Waals surface area contributed by atoms with E-state index in [-0.39, 0.29) is 6.61 Å². The average molecular weight is 333 g/mol. The van der Waals surface area contributed by atoms with Crippen LogP contribution in [0.3, 0.4) is 0 Å². The molecule has 0 spiro atoms. The van der Waals surface area contributed by atoms with E-state index in [1.54, 1.807) is 18.2 Å². The fourth-order valence-electron chi connectivity index (χ4n) is 2.48. The molecule has 2 rings (SSSR count). The van der Waals surface area contributed by atoms with Crippen molar-refractivity contribution in [3.8, 4) is 5.75 Å². The Morgan fingerprint density at radius 1 is 1.48 bits per heavy atom. The highest BCUT2D eigenvalue weighted by Crippen LogP contribution is 2.27. The Hall–Kier alpha value is -0.520. The number of aliphatic hydroxyl groups excluding tert-OH is 1. The third-order valence-corrected chi connectivity index (χ3v) is 4.16. The Balaban J connectivity index is 1.64. The van der Waals surface area contributed by atoms with Crippen LogP contribution in [0.5, 0.6) is 5.75 Å². The average Bonchev–Trinajstić information content (AvgIpc) is 2.83. The topological polar surface area (TPSA) is 44.7 Å². The second-order valence-corrected chi connectivity index (χ2v) is 6.46. The minimum atomic E-state index is -0.559. The molecule has 0 saturated carbocycles. The number of aliphatic hydroxyl groups is 1. The number of nitrogens with zero attached hydrogens (tertiary/aromatic N) is 1. The summed E-state index contributed by atoms with van der Waals surface area (Å²) in [5, 5.41) is 14.2. The van der Waals surface area contributed by atoms with Gasteiger partial charge in [0.25, 0.3) is 0 Å². The largest absolute Gasteiger partial charge is 0.489 e. The molecule has 4 nitrogen and oxygen atoms in total. The zero-order valence-electron chi connectivity index (χ0n) is 12.2. The number of ether oxygens (including phenoxy) is 1. The standard InChI is InChI=1S/C15H22Cl2N2O2/c1-19-5-4-11(9-19)7-18-8-13(20)10-21-15-3-2-12(16)6-14(15)17/h2-3,6,11,13,18,20H,4-5,7-10H2,1H3. The van der Waals surface area contributed by atoms with E-state index in [1.165, 1.54) is 6.42 Å². The van der Waals surface area contributed by atoms with Gasteiger partial charge in [0.15, 0.2) is 0 Å². The van der Waals surface area contributed by atoms with Gasteiger partial charge in [0.1, 0.15) is 18.5 Å². The second-order valence-electron chi connectivity index (χ2n) is 5.61. The molecule has 0 aliphatic carbocycles. The molecule has 1 aromatic carbocycles. The molecule has 1 heterocycles. The fourth-order valence-corrected chi connectivity index (χ4v) is 2.95. The van der Waals surface area contributed by atoms with E-state index in [0.717, 1.165) is 19.6 Å². The predicted molar refractivity (Wildman–Crippen MR) is 86.4 cm³/mol. The number of likely N-dealkylation sites (tertiary alicyclic amines) is 1. The van der Waals surface area contributed by atoms with Crippen LogP contribution in [0.4, 0.5) is 0 Å². The first-order chi connectivity index (χ1) is 10.0. The summed E-state index contributed by atoms with van der Waals surface area (Å²) in [6.07, 6.45) is 0.659. The maximum atomic E-state index is 9.91. The van der Waals surface area contributed by atoms with Crippen LogP contribution in [0.2, 0.25) is 10.0 Å². The number of hydrogen-bond donors (Lipinski definition) is 2. The Labute approximate surface area is 136 Å². The summed E-state index contributed by atoms with van der Waals surface area (Å²) >= 11 is 11.8. The molecular weight excluding hydrogens is 311 g/mol. The zero-order chi connectivity index (χ0) is 15.2. The molecule has 0 bridgehead atoms. The molecule has 2 N–H and O–H groups in total. The number of nitrogens with one attached hydrogen (secondary N) is 1. The lowest BCUT2D eigenvalue weighted by molar-refractivity contribution is 0.105. The lowest BCUT2D eigenvalue weighted by Crippen LogP contribution is -2.34. The van der Waals surface area contributed by atoms with E-state index in [0.29, 0.717) is 28.3 Å². The van der Waals surface area contributed by atoms with E-state index in [2.05, 4.69) is 17.3 Å². The summed E-state index contributed by atoms with van der Waals surface area (Å²) in [6, 6.07) is 5.04. The molecule has 1 aromatic rings. The van der Waals surface area contributed by atoms with Crippen molar-refractivity contribution < 1.29 is 9.84 Å². The molecule has 1 aliphatic heterocycles. The maximum Gasteiger partial charge on any atom is 0.138 e. The lowest BCUT2D eigenvalue weighted by atomic mass is 10.1. The van der Waals surface area contributed by atoms with Gasteiger partial charge in [0.2, 0.25) is 0 Å². The predicted octanol–water partition coefficient (Wildman–Crippen LogP) is 2.27. The van der Waals surface area contributed by atoms with Crippen LogP contribution >= 0.6 is 23.2 Å². The van der Waals surface area contributed by atoms with Gasteiger partial charge in [0, 0.05) is 18.1 Å². The van der Waals surface area contributed by atoms with Gasteiger partial charge in [-0.25, -0.2) is 0 Å². The first kappa shape index (κ1) is 16.8. The number of hydrogen-bond acceptors (Lipinski definition) is 4. The number of halogens is 2. The van der Waals surface area contributed by atoms with Crippen molar-refractivity contribution in [2.24, 2.45) is 5.92 Å². The van der Waals surface area contributed by atoms with Crippen LogP contribution in [-0.2, 0) is 0 Å². The molecule has 1 saturated heterocycles. The van der Waals surface area contributed by atoms with Gasteiger partial charge in [-0.2, -0.15) is 0 Å². The highest BCUT2D eigenvalue weighted by molar-refractivity contribution is 6.35. The van der Waals surface area contributed by atoms with Gasteiger partial charge in [-0.15, -0.1) is 0 Å². The Morgan fingerprint density at radius 3 is 2.95 bits per heavy atom. The first-order valence-corrected chi connectivity index (χ1v) is 7.95. The molecule has 1 fully saturated rings. The van der Waals surface area contributed by atoms with Gasteiger partial charge < -0.3 is 20.1 Å². The SMILES string of the molecule is CN1CCC(CNCC(O)COc2ccc(Cl)cc2Cl)C1. The van der Waals surface area contributed by atoms with E-state index < -0.39 is 6.10 Å². The third kappa shape index (κ3) is 5.64. The van der Waals surface area contributed by atoms with Crippen LogP contribution in [-0.4, -0.2) is 55.9 Å². The minimum Gasteiger partial charge on any atom is -0.489 e. The minimum absolute atomic E-state index is 0.207. The lowest BCUT2D eigenvalue weighted by Gasteiger charge is -2.16. The van der Waals surface area contributed by atoms with Crippen molar-refractivity contribution in [3.05, 3.63) is 28.2 Å². The molecule has 2 unspecified atom stereocenters. The molecule has 0 amide bonds. The molecule has 1 aliphatic rings. The van der Waals surface area contributed by atoms with Crippen molar-refractivity contribution in [3.63, 3.8) is 0 Å². The van der Waals surface area contributed by atoms with E-state index in [9.17, 15) is 5.11 Å². The van der Waals surface area contributed by atoms with E-state index in [1.807, 2.05) is 0 Å². The molecule has 6 heteroatoms. The van der Waals surface area contributed by atoms with Crippen molar-refractivity contribution in [1.82, 2.24) is 10.2 Å². The van der Waals surface area contributed by atoms with Crippen LogP contribution in [0.1, 0.15) is 6.42 Å². The van der Waals surface area contributed by atoms with E-state index in [4.69, 9.17) is 27.9 Å². The van der Waals surface area contributed by atoms with Gasteiger partial charge >= 0.3 is 0 Å². The summed E-state index contributed by atoms with van der Waals surface area (Å²) in [5.41, 5.74) is 0. The Bertz CT molecular complexity index is 459. The molecular formula is C15H22Cl2N2O2. The quantitative estimate of drug-likeness (QED) is 0.804. The smallest absolute Gasteiger partial charge is 0.138 e. The Kier molecular flexibility index (Phi) is 6.58. The summed E-state index contributed by atoms with van der Waals surface area (Å²) in [6.45, 7) is 3.94. The molecule has 0 aromatic heterocycles. The summed E-state index contributed by atoms with van der Waals surface area (Å²) in [7, 11) is 2.14. The van der Waals surface area contributed by atoms with Gasteiger partial charge in [-0.3, -0.25) is 0 Å². The van der Waals surface area contributed by atoms with Crippen LogP contribution in [0.15, 0.2) is 18.2 Å². The van der Waals surface area contributed by atoms with Crippen LogP contribution in [0.25, 0.3) is 0 Å². The van der Waals surface area contributed by atoms with E-state index >= 15 is 0 Å². The summed E-state index contributed by atoms with van der Waals surface area (Å²) < 4.78 is 5.50. The van der Waals surface area contributed by atoms with Crippen molar-refractivity contribution in [2.45, 2.75) is 12.5 Å². The van der Waals surface area contributed by atoms with Crippen molar-refractivity contribution >= 4 is 23.2 Å². The highest BCUT2D eigenvalue weighted by Gasteiger charge is 2.19. The highest BCUT2D eigenvalue weighted by atomic mass is 35.5. The molecule has 21 heavy (non-hydrogen) atoms. The van der Waals surface area contributed by atoms with Gasteiger partial charge in [-0.05, 0) is 50.7 Å². The van der Waals surface area contributed by atoms with Crippen LogP contribution in [0, 0.1) is 5.92 Å². The molecule has 0 radical (unpaired) electrons. The van der Waals surface area contributed by atoms with Crippen molar-refractivity contribution in [2.75, 3.05) is 39.8 Å². The zero-order valence-corrected chi connectivity index (χ0v) is 13.7.